The Morgan fingerprint density at radius 3 is 1.32 bits per heavy atom. The van der Waals surface area contributed by atoms with Gasteiger partial charge in [0.1, 0.15) is 0 Å². The average Bonchev–Trinajstić information content (AvgIpc) is 3.23. The molecule has 0 saturated heterocycles. The van der Waals surface area contributed by atoms with Crippen molar-refractivity contribution in [1.82, 2.24) is 0 Å². The van der Waals surface area contributed by atoms with Gasteiger partial charge in [-0.2, -0.15) is 0 Å². The second-order valence-electron chi connectivity index (χ2n) is 15.1. The van der Waals surface area contributed by atoms with Crippen LogP contribution in [0.1, 0.15) is 120 Å². The first-order valence-electron chi connectivity index (χ1n) is 20.6. The van der Waals surface area contributed by atoms with Gasteiger partial charge in [0, 0.05) is 17.1 Å². The molecule has 5 aromatic rings. The summed E-state index contributed by atoms with van der Waals surface area (Å²) in [6.07, 6.45) is 17.6. The van der Waals surface area contributed by atoms with Gasteiger partial charge in [0.2, 0.25) is 0 Å². The molecule has 0 aliphatic rings. The summed E-state index contributed by atoms with van der Waals surface area (Å²) >= 11 is 0. The van der Waals surface area contributed by atoms with E-state index in [1.165, 1.54) is 104 Å². The van der Waals surface area contributed by atoms with Gasteiger partial charge in [-0.3, -0.25) is 4.79 Å². The second-order valence-corrected chi connectivity index (χ2v) is 15.1. The van der Waals surface area contributed by atoms with Crippen molar-refractivity contribution in [3.63, 3.8) is 0 Å². The van der Waals surface area contributed by atoms with E-state index in [-0.39, 0.29) is 5.70 Å². The van der Waals surface area contributed by atoms with Crippen LogP contribution in [0.2, 0.25) is 0 Å². The van der Waals surface area contributed by atoms with Crippen molar-refractivity contribution in [3.05, 3.63) is 167 Å². The lowest BCUT2D eigenvalue weighted by Gasteiger charge is -2.26. The van der Waals surface area contributed by atoms with Crippen LogP contribution in [0.4, 0.5) is 17.1 Å². The highest BCUT2D eigenvalue weighted by Crippen LogP contribution is 2.37. The van der Waals surface area contributed by atoms with Gasteiger partial charge < -0.3 is 10.0 Å². The number of hydrogen-bond donors (Lipinski definition) is 1. The Morgan fingerprint density at radius 2 is 0.964 bits per heavy atom. The predicted octanol–water partition coefficient (Wildman–Crippen LogP) is 15.5. The van der Waals surface area contributed by atoms with Crippen LogP contribution in [0.25, 0.3) is 33.2 Å². The largest absolute Gasteiger partial charge is 0.486 e. The van der Waals surface area contributed by atoms with Gasteiger partial charge in [0.15, 0.2) is 0 Å². The van der Waals surface area contributed by atoms with Gasteiger partial charge in [0.25, 0.3) is 5.70 Å². The van der Waals surface area contributed by atoms with Gasteiger partial charge >= 0.3 is 5.97 Å². The first-order valence-corrected chi connectivity index (χ1v) is 20.6. The number of nitrogens with zero attached hydrogens (tertiary/aromatic N) is 2. The Labute approximate surface area is 336 Å². The van der Waals surface area contributed by atoms with Gasteiger partial charge in [-0.15, -0.1) is 0 Å². The topological polar surface area (TPSA) is 44.9 Å². The lowest BCUT2D eigenvalue weighted by atomic mass is 9.93. The van der Waals surface area contributed by atoms with Crippen molar-refractivity contribution >= 4 is 29.1 Å². The third-order valence-corrected chi connectivity index (χ3v) is 10.9. The number of hydrogen-bond acceptors (Lipinski definition) is 2. The van der Waals surface area contributed by atoms with Gasteiger partial charge in [-0.1, -0.05) is 176 Å². The standard InChI is InChI=1S/C52H58N2O2/c1-6-8-10-12-15-39(3)42-21-25-44(26-22-42)46-29-35-49(36-30-46)54(48-33-19-41(20-34-48)17-14-18-51(53-5)52(55)56)50-37-31-47(32-38-50)45-27-23-43(24-28-45)40(4)16-13-11-9-7-2/h14,17-40H,6-13,15-16H2,1-4H3,(H,55,56)/b17-14+,51-18-. The van der Waals surface area contributed by atoms with Crippen LogP contribution in [-0.4, -0.2) is 11.1 Å². The lowest BCUT2D eigenvalue weighted by molar-refractivity contribution is -0.132. The molecule has 0 spiro atoms. The van der Waals surface area contributed by atoms with E-state index in [4.69, 9.17) is 11.7 Å². The predicted molar refractivity (Wildman–Crippen MR) is 238 cm³/mol. The Kier molecular flexibility index (Phi) is 15.9. The molecule has 0 aromatic heterocycles. The Hall–Kier alpha value is -5.66. The van der Waals surface area contributed by atoms with Crippen LogP contribution in [0.3, 0.4) is 0 Å². The van der Waals surface area contributed by atoms with Gasteiger partial charge in [-0.05, 0) is 106 Å². The SMILES string of the molecule is [C-]#[N+]/C(=C\C=C\c1ccc(N(c2ccc(-c3ccc(C(C)CCCCCC)cc3)cc2)c2ccc(-c3ccc(C(C)CCCCCC)cc3)cc2)cc1)C(=O)O. The average molecular weight is 743 g/mol. The minimum atomic E-state index is -1.23. The van der Waals surface area contributed by atoms with E-state index in [2.05, 4.69) is 147 Å². The Bertz CT molecular complexity index is 1950. The number of anilines is 3. The fraction of sp³-hybridized carbons (Fsp3) is 0.308. The molecule has 1 N–H and O–H groups in total. The zero-order valence-electron chi connectivity index (χ0n) is 33.8. The van der Waals surface area contributed by atoms with Crippen molar-refractivity contribution in [2.24, 2.45) is 0 Å². The summed E-state index contributed by atoms with van der Waals surface area (Å²) in [6.45, 7) is 16.3. The molecule has 0 saturated carbocycles. The number of rotatable bonds is 20. The minimum Gasteiger partial charge on any atom is -0.486 e. The van der Waals surface area contributed by atoms with Crippen LogP contribution in [0, 0.1) is 6.57 Å². The summed E-state index contributed by atoms with van der Waals surface area (Å²) in [5, 5.41) is 9.17. The summed E-state index contributed by atoms with van der Waals surface area (Å²) in [5.74, 6) is -0.0985. The molecule has 56 heavy (non-hydrogen) atoms. The summed E-state index contributed by atoms with van der Waals surface area (Å²) in [4.78, 5) is 16.6. The number of aliphatic carboxylic acids is 1. The molecule has 0 bridgehead atoms. The van der Waals surface area contributed by atoms with Crippen LogP contribution < -0.4 is 4.90 Å². The van der Waals surface area contributed by atoms with E-state index in [0.717, 1.165) is 22.6 Å². The summed E-state index contributed by atoms with van der Waals surface area (Å²) in [7, 11) is 0. The quantitative estimate of drug-likeness (QED) is 0.0374. The van der Waals surface area contributed by atoms with E-state index in [1.807, 2.05) is 18.2 Å². The van der Waals surface area contributed by atoms with Gasteiger partial charge in [0.05, 0.1) is 6.57 Å². The first-order chi connectivity index (χ1) is 27.3. The Balaban J connectivity index is 1.38. The summed E-state index contributed by atoms with van der Waals surface area (Å²) in [6, 6.07) is 43.9. The molecule has 0 aliphatic heterocycles. The number of allylic oxidation sites excluding steroid dienone is 2. The van der Waals surface area contributed by atoms with Crippen molar-refractivity contribution in [3.8, 4) is 22.3 Å². The Morgan fingerprint density at radius 1 is 0.589 bits per heavy atom. The third kappa shape index (κ3) is 11.7. The first kappa shape index (κ1) is 41.5. The van der Waals surface area contributed by atoms with Crippen molar-refractivity contribution in [1.29, 1.82) is 0 Å². The number of carboxylic acids is 1. The molecule has 5 aromatic carbocycles. The van der Waals surface area contributed by atoms with E-state index < -0.39 is 5.97 Å². The van der Waals surface area contributed by atoms with E-state index in [0.29, 0.717) is 11.8 Å². The zero-order chi connectivity index (χ0) is 39.7. The maximum Gasteiger partial charge on any atom is 0.333 e. The smallest absolute Gasteiger partial charge is 0.333 e. The summed E-state index contributed by atoms with van der Waals surface area (Å²) < 4.78 is 0. The van der Waals surface area contributed by atoms with E-state index in [1.54, 1.807) is 6.08 Å². The third-order valence-electron chi connectivity index (χ3n) is 10.9. The highest BCUT2D eigenvalue weighted by atomic mass is 16.4. The fourth-order valence-corrected chi connectivity index (χ4v) is 7.29. The molecule has 2 atom stereocenters. The summed E-state index contributed by atoms with van der Waals surface area (Å²) in [5.41, 5.74) is 11.3. The van der Waals surface area contributed by atoms with Crippen LogP contribution >= 0.6 is 0 Å². The molecular weight excluding hydrogens is 685 g/mol. The molecule has 0 fully saturated rings. The van der Waals surface area contributed by atoms with Crippen molar-refractivity contribution in [2.75, 3.05) is 4.90 Å². The molecular formula is C52H58N2O2. The molecule has 4 heteroatoms. The molecule has 288 valence electrons. The number of unbranched alkanes of at least 4 members (excludes halogenated alkanes) is 6. The number of carboxylic acid groups (broad SMARTS) is 1. The molecule has 4 nitrogen and oxygen atoms in total. The van der Waals surface area contributed by atoms with Crippen molar-refractivity contribution in [2.45, 2.75) is 104 Å². The highest BCUT2D eigenvalue weighted by molar-refractivity contribution is 5.89. The monoisotopic (exact) mass is 742 g/mol. The minimum absolute atomic E-state index is 0.317. The molecule has 0 heterocycles. The fourth-order valence-electron chi connectivity index (χ4n) is 7.29. The number of carbonyl (C=O) groups is 1. The molecule has 2 unspecified atom stereocenters. The normalized spacial score (nSPS) is 12.7. The van der Waals surface area contributed by atoms with Crippen molar-refractivity contribution < 1.29 is 9.90 Å². The van der Waals surface area contributed by atoms with Gasteiger partial charge in [-0.25, -0.2) is 4.85 Å². The second kappa shape index (κ2) is 21.4. The van der Waals surface area contributed by atoms with Crippen LogP contribution in [-0.2, 0) is 4.79 Å². The van der Waals surface area contributed by atoms with Crippen LogP contribution in [0.5, 0.6) is 0 Å². The van der Waals surface area contributed by atoms with E-state index >= 15 is 0 Å². The maximum absolute atomic E-state index is 11.2. The maximum atomic E-state index is 11.2. The molecule has 0 amide bonds. The van der Waals surface area contributed by atoms with Crippen LogP contribution in [0.15, 0.2) is 139 Å². The lowest BCUT2D eigenvalue weighted by Crippen LogP contribution is -2.09. The van der Waals surface area contributed by atoms with E-state index in [9.17, 15) is 4.79 Å². The molecule has 5 rings (SSSR count). The zero-order valence-corrected chi connectivity index (χ0v) is 33.8. The molecule has 0 aliphatic carbocycles. The number of benzene rings is 5. The highest BCUT2D eigenvalue weighted by Gasteiger charge is 2.14. The molecule has 0 radical (unpaired) electrons.